The number of amides is 1. The van der Waals surface area contributed by atoms with Crippen LogP contribution < -0.4 is 19.5 Å². The smallest absolute Gasteiger partial charge is 0.387 e. The van der Waals surface area contributed by atoms with E-state index in [0.717, 1.165) is 0 Å². The summed E-state index contributed by atoms with van der Waals surface area (Å²) in [6.07, 6.45) is 0.311. The molecule has 0 fully saturated rings. The van der Waals surface area contributed by atoms with Gasteiger partial charge < -0.3 is 14.8 Å². The van der Waals surface area contributed by atoms with Gasteiger partial charge in [0.05, 0.1) is 18.0 Å². The summed E-state index contributed by atoms with van der Waals surface area (Å²) in [7, 11) is -2.56. The maximum atomic E-state index is 12.5. The first kappa shape index (κ1) is 23.8. The highest BCUT2D eigenvalue weighted by Crippen LogP contribution is 2.29. The average molecular weight is 463 g/mol. The van der Waals surface area contributed by atoms with Gasteiger partial charge in [0.2, 0.25) is 15.9 Å². The lowest BCUT2D eigenvalue weighted by Gasteiger charge is -2.15. The quantitative estimate of drug-likeness (QED) is 0.566. The second-order valence-corrected chi connectivity index (χ2v) is 8.35. The topological polar surface area (TPSA) is 93.7 Å². The van der Waals surface area contributed by atoms with Crippen molar-refractivity contribution in [3.05, 3.63) is 53.1 Å². The number of ether oxygens (including phenoxy) is 2. The number of rotatable bonds is 10. The van der Waals surface area contributed by atoms with Crippen molar-refractivity contribution in [1.29, 1.82) is 0 Å². The molecule has 2 aromatic rings. The van der Waals surface area contributed by atoms with Crippen molar-refractivity contribution in [2.75, 3.05) is 13.7 Å². The van der Waals surface area contributed by atoms with Gasteiger partial charge in [-0.15, -0.1) is 0 Å². The van der Waals surface area contributed by atoms with Crippen LogP contribution in [-0.2, 0) is 21.2 Å². The van der Waals surface area contributed by atoms with E-state index in [4.69, 9.17) is 16.3 Å². The first-order valence-corrected chi connectivity index (χ1v) is 10.7. The Morgan fingerprint density at radius 3 is 2.40 bits per heavy atom. The summed E-state index contributed by atoms with van der Waals surface area (Å²) in [6, 6.07) is 9.02. The van der Waals surface area contributed by atoms with Crippen molar-refractivity contribution in [1.82, 2.24) is 10.0 Å². The Labute approximate surface area is 178 Å². The highest BCUT2D eigenvalue weighted by atomic mass is 35.5. The number of benzene rings is 2. The second kappa shape index (κ2) is 10.6. The predicted molar refractivity (Wildman–Crippen MR) is 108 cm³/mol. The molecule has 1 amide bonds. The van der Waals surface area contributed by atoms with Crippen LogP contribution in [0.4, 0.5) is 8.78 Å². The first-order chi connectivity index (χ1) is 14.1. The van der Waals surface area contributed by atoms with Crippen molar-refractivity contribution in [2.24, 2.45) is 0 Å². The molecular formula is C19H21ClF2N2O5S. The molecule has 0 radical (unpaired) electrons. The monoisotopic (exact) mass is 462 g/mol. The maximum absolute atomic E-state index is 12.5. The molecule has 0 unspecified atom stereocenters. The van der Waals surface area contributed by atoms with Crippen molar-refractivity contribution in [3.63, 3.8) is 0 Å². The summed E-state index contributed by atoms with van der Waals surface area (Å²) in [5, 5.41) is 2.98. The Morgan fingerprint density at radius 2 is 1.80 bits per heavy atom. The third kappa shape index (κ3) is 6.82. The predicted octanol–water partition coefficient (Wildman–Crippen LogP) is 2.98. The summed E-state index contributed by atoms with van der Waals surface area (Å²) in [5.41, 5.74) is 0.626. The van der Waals surface area contributed by atoms with Gasteiger partial charge in [0, 0.05) is 11.6 Å². The lowest BCUT2D eigenvalue weighted by Crippen LogP contribution is -2.45. The van der Waals surface area contributed by atoms with Gasteiger partial charge in [0.1, 0.15) is 0 Å². The first-order valence-electron chi connectivity index (χ1n) is 8.79. The Bertz CT molecular complexity index is 971. The number of hydrogen-bond acceptors (Lipinski definition) is 5. The zero-order valence-corrected chi connectivity index (χ0v) is 17.8. The van der Waals surface area contributed by atoms with E-state index in [-0.39, 0.29) is 22.9 Å². The van der Waals surface area contributed by atoms with E-state index in [2.05, 4.69) is 14.8 Å². The zero-order valence-electron chi connectivity index (χ0n) is 16.2. The Balaban J connectivity index is 1.91. The minimum atomic E-state index is -3.89. The Kier molecular flexibility index (Phi) is 8.39. The molecule has 0 spiro atoms. The van der Waals surface area contributed by atoms with Gasteiger partial charge in [-0.1, -0.05) is 17.7 Å². The molecular weight excluding hydrogens is 442 g/mol. The standard InChI is InChI=1S/C19H21ClF2N2O5S/c1-12(24-30(26,27)15-6-4-14(20)5-7-15)18(25)23-10-9-13-3-8-16(28-2)17(11-13)29-19(21)22/h3-8,11-12,19,24H,9-10H2,1-2H3,(H,23,25)/t12-/m0/s1. The van der Waals surface area contributed by atoms with Crippen LogP contribution in [-0.4, -0.2) is 40.6 Å². The molecule has 0 saturated heterocycles. The number of alkyl halides is 2. The van der Waals surface area contributed by atoms with E-state index in [0.29, 0.717) is 17.0 Å². The largest absolute Gasteiger partial charge is 0.493 e. The van der Waals surface area contributed by atoms with Crippen molar-refractivity contribution in [3.8, 4) is 11.5 Å². The minimum absolute atomic E-state index is 0.0173. The van der Waals surface area contributed by atoms with Gasteiger partial charge in [0.25, 0.3) is 0 Å². The third-order valence-electron chi connectivity index (χ3n) is 4.01. The molecule has 0 bridgehead atoms. The number of nitrogens with one attached hydrogen (secondary N) is 2. The van der Waals surface area contributed by atoms with Crippen LogP contribution in [0.5, 0.6) is 11.5 Å². The van der Waals surface area contributed by atoms with Crippen LogP contribution in [0, 0.1) is 0 Å². The average Bonchev–Trinajstić information content (AvgIpc) is 2.67. The SMILES string of the molecule is COc1ccc(CCNC(=O)[C@H](C)NS(=O)(=O)c2ccc(Cl)cc2)cc1OC(F)F. The summed E-state index contributed by atoms with van der Waals surface area (Å²) < 4.78 is 61.3. The molecule has 11 heteroatoms. The number of methoxy groups -OCH3 is 1. The molecule has 0 aromatic heterocycles. The summed E-state index contributed by atoms with van der Waals surface area (Å²) >= 11 is 5.75. The van der Waals surface area contributed by atoms with Gasteiger partial charge >= 0.3 is 6.61 Å². The molecule has 2 rings (SSSR count). The molecule has 0 aliphatic heterocycles. The van der Waals surface area contributed by atoms with Crippen molar-refractivity contribution >= 4 is 27.5 Å². The fourth-order valence-corrected chi connectivity index (χ4v) is 3.84. The normalized spacial score (nSPS) is 12.5. The summed E-state index contributed by atoms with van der Waals surface area (Å²) in [5.74, 6) is -0.487. The Hall–Kier alpha value is -2.43. The molecule has 0 aliphatic carbocycles. The van der Waals surface area contributed by atoms with Crippen LogP contribution in [0.25, 0.3) is 0 Å². The highest BCUT2D eigenvalue weighted by Gasteiger charge is 2.21. The minimum Gasteiger partial charge on any atom is -0.493 e. The fraction of sp³-hybridized carbons (Fsp3) is 0.316. The molecule has 164 valence electrons. The van der Waals surface area contributed by atoms with Gasteiger partial charge in [-0.2, -0.15) is 13.5 Å². The number of carbonyl (C=O) groups is 1. The summed E-state index contributed by atoms with van der Waals surface area (Å²) in [4.78, 5) is 12.2. The molecule has 1 atom stereocenters. The van der Waals surface area contributed by atoms with E-state index in [1.54, 1.807) is 6.07 Å². The zero-order chi connectivity index (χ0) is 22.3. The molecule has 0 heterocycles. The molecule has 2 aromatic carbocycles. The van der Waals surface area contributed by atoms with Crippen LogP contribution >= 0.6 is 11.6 Å². The van der Waals surface area contributed by atoms with E-state index in [9.17, 15) is 22.0 Å². The van der Waals surface area contributed by atoms with Crippen molar-refractivity contribution < 1.29 is 31.5 Å². The maximum Gasteiger partial charge on any atom is 0.387 e. The number of hydrogen-bond donors (Lipinski definition) is 2. The van der Waals surface area contributed by atoms with Crippen LogP contribution in [0.2, 0.25) is 5.02 Å². The lowest BCUT2D eigenvalue weighted by atomic mass is 10.1. The van der Waals surface area contributed by atoms with Crippen LogP contribution in [0.3, 0.4) is 0 Å². The van der Waals surface area contributed by atoms with Crippen LogP contribution in [0.15, 0.2) is 47.4 Å². The highest BCUT2D eigenvalue weighted by molar-refractivity contribution is 7.89. The van der Waals surface area contributed by atoms with Crippen LogP contribution in [0.1, 0.15) is 12.5 Å². The molecule has 30 heavy (non-hydrogen) atoms. The second-order valence-electron chi connectivity index (χ2n) is 6.20. The molecule has 7 nitrogen and oxygen atoms in total. The number of halogens is 3. The molecule has 0 aliphatic rings. The van der Waals surface area contributed by atoms with E-state index in [1.807, 2.05) is 0 Å². The van der Waals surface area contributed by atoms with E-state index in [1.165, 1.54) is 50.4 Å². The number of sulfonamides is 1. The summed E-state index contributed by atoms with van der Waals surface area (Å²) in [6.45, 7) is -1.43. The molecule has 2 N–H and O–H groups in total. The van der Waals surface area contributed by atoms with Gasteiger partial charge in [-0.3, -0.25) is 4.79 Å². The Morgan fingerprint density at radius 1 is 1.13 bits per heavy atom. The fourth-order valence-electron chi connectivity index (χ4n) is 2.52. The lowest BCUT2D eigenvalue weighted by molar-refractivity contribution is -0.122. The van der Waals surface area contributed by atoms with Gasteiger partial charge in [-0.25, -0.2) is 8.42 Å². The third-order valence-corrected chi connectivity index (χ3v) is 5.81. The van der Waals surface area contributed by atoms with Gasteiger partial charge in [0.15, 0.2) is 11.5 Å². The van der Waals surface area contributed by atoms with Crippen molar-refractivity contribution in [2.45, 2.75) is 30.9 Å². The van der Waals surface area contributed by atoms with Gasteiger partial charge in [-0.05, 0) is 55.3 Å². The van der Waals surface area contributed by atoms with E-state index >= 15 is 0 Å². The molecule has 0 saturated carbocycles. The number of carbonyl (C=O) groups excluding carboxylic acids is 1. The van der Waals surface area contributed by atoms with E-state index < -0.39 is 28.6 Å².